The summed E-state index contributed by atoms with van der Waals surface area (Å²) in [4.78, 5) is 13.6. The van der Waals surface area contributed by atoms with Crippen molar-refractivity contribution in [3.63, 3.8) is 0 Å². The van der Waals surface area contributed by atoms with E-state index >= 15 is 0 Å². The van der Waals surface area contributed by atoms with Crippen molar-refractivity contribution < 1.29 is 9.53 Å². The molecule has 0 atom stereocenters. The van der Waals surface area contributed by atoms with Gasteiger partial charge in [0.1, 0.15) is 0 Å². The van der Waals surface area contributed by atoms with Crippen LogP contribution in [-0.4, -0.2) is 50.3 Å². The fraction of sp³-hybridized carbons (Fsp3) is 0.750. The van der Waals surface area contributed by atoms with E-state index in [-0.39, 0.29) is 6.03 Å². The van der Waals surface area contributed by atoms with Gasteiger partial charge >= 0.3 is 6.03 Å². The lowest BCUT2D eigenvalue weighted by atomic mass is 10.3. The SMILES string of the molecule is CC/C=C/NC(=O)NCCCN1CCOCC1. The molecular weight excluding hydrogens is 218 g/mol. The second-order valence-electron chi connectivity index (χ2n) is 4.02. The lowest BCUT2D eigenvalue weighted by Gasteiger charge is -2.26. The van der Waals surface area contributed by atoms with Crippen LogP contribution in [0.1, 0.15) is 19.8 Å². The predicted molar refractivity (Wildman–Crippen MR) is 67.8 cm³/mol. The summed E-state index contributed by atoms with van der Waals surface area (Å²) in [6, 6.07) is -0.128. The van der Waals surface area contributed by atoms with Gasteiger partial charge in [-0.1, -0.05) is 13.0 Å². The fourth-order valence-corrected chi connectivity index (χ4v) is 1.63. The van der Waals surface area contributed by atoms with Crippen LogP contribution in [0.5, 0.6) is 0 Å². The second kappa shape index (κ2) is 9.01. The van der Waals surface area contributed by atoms with E-state index in [9.17, 15) is 4.79 Å². The van der Waals surface area contributed by atoms with Gasteiger partial charge in [-0.15, -0.1) is 0 Å². The van der Waals surface area contributed by atoms with Crippen LogP contribution >= 0.6 is 0 Å². The Balaban J connectivity index is 1.95. The molecule has 0 aromatic carbocycles. The van der Waals surface area contributed by atoms with Gasteiger partial charge in [-0.05, 0) is 19.4 Å². The number of carbonyl (C=O) groups is 1. The quantitative estimate of drug-likeness (QED) is 0.680. The molecule has 17 heavy (non-hydrogen) atoms. The summed E-state index contributed by atoms with van der Waals surface area (Å²) in [6.45, 7) is 7.43. The molecule has 0 aliphatic carbocycles. The molecule has 0 saturated carbocycles. The number of amides is 2. The molecule has 0 aromatic rings. The van der Waals surface area contributed by atoms with E-state index in [2.05, 4.69) is 15.5 Å². The Kier molecular flexibility index (Phi) is 7.42. The van der Waals surface area contributed by atoms with Gasteiger partial charge in [-0.25, -0.2) is 4.79 Å². The normalized spacial score (nSPS) is 17.2. The maximum absolute atomic E-state index is 11.3. The van der Waals surface area contributed by atoms with Crippen LogP contribution in [0.25, 0.3) is 0 Å². The number of allylic oxidation sites excluding steroid dienone is 1. The minimum atomic E-state index is -0.128. The largest absolute Gasteiger partial charge is 0.379 e. The maximum atomic E-state index is 11.3. The van der Waals surface area contributed by atoms with Gasteiger partial charge in [0.15, 0.2) is 0 Å². The monoisotopic (exact) mass is 241 g/mol. The zero-order chi connectivity index (χ0) is 12.3. The summed E-state index contributed by atoms with van der Waals surface area (Å²) in [5, 5.41) is 5.48. The summed E-state index contributed by atoms with van der Waals surface area (Å²) >= 11 is 0. The Morgan fingerprint density at radius 3 is 2.88 bits per heavy atom. The van der Waals surface area contributed by atoms with Crippen molar-refractivity contribution in [1.29, 1.82) is 0 Å². The molecule has 0 aromatic heterocycles. The highest BCUT2D eigenvalue weighted by atomic mass is 16.5. The molecule has 1 saturated heterocycles. The van der Waals surface area contributed by atoms with Crippen LogP contribution in [0.4, 0.5) is 4.79 Å². The zero-order valence-electron chi connectivity index (χ0n) is 10.6. The molecule has 5 nitrogen and oxygen atoms in total. The highest BCUT2D eigenvalue weighted by molar-refractivity contribution is 5.74. The van der Waals surface area contributed by atoms with Crippen LogP contribution < -0.4 is 10.6 Å². The number of nitrogens with one attached hydrogen (secondary N) is 2. The van der Waals surface area contributed by atoms with Crippen molar-refractivity contribution >= 4 is 6.03 Å². The molecule has 1 aliphatic rings. The summed E-state index contributed by atoms with van der Waals surface area (Å²) in [6.07, 6.45) is 5.49. The standard InChI is InChI=1S/C12H23N3O2/c1-2-3-5-13-12(16)14-6-4-7-15-8-10-17-11-9-15/h3,5H,2,4,6-11H2,1H3,(H2,13,14,16)/b5-3+. The van der Waals surface area contributed by atoms with Crippen LogP contribution in [0.15, 0.2) is 12.3 Å². The Labute approximate surface area is 103 Å². The number of nitrogens with zero attached hydrogens (tertiary/aromatic N) is 1. The molecule has 98 valence electrons. The van der Waals surface area contributed by atoms with Gasteiger partial charge in [0.25, 0.3) is 0 Å². The lowest BCUT2D eigenvalue weighted by Crippen LogP contribution is -2.39. The van der Waals surface area contributed by atoms with Gasteiger partial charge in [0, 0.05) is 25.8 Å². The van der Waals surface area contributed by atoms with Crippen molar-refractivity contribution in [1.82, 2.24) is 15.5 Å². The molecule has 1 rings (SSSR count). The molecule has 2 N–H and O–H groups in total. The number of urea groups is 1. The average Bonchev–Trinajstić information content (AvgIpc) is 2.36. The molecule has 0 spiro atoms. The summed E-state index contributed by atoms with van der Waals surface area (Å²) in [5.74, 6) is 0. The first kappa shape index (κ1) is 14.0. The first-order chi connectivity index (χ1) is 8.33. The van der Waals surface area contributed by atoms with E-state index in [1.165, 1.54) is 0 Å². The summed E-state index contributed by atoms with van der Waals surface area (Å²) in [7, 11) is 0. The van der Waals surface area contributed by atoms with Gasteiger partial charge in [-0.2, -0.15) is 0 Å². The van der Waals surface area contributed by atoms with Crippen LogP contribution in [0.3, 0.4) is 0 Å². The summed E-state index contributed by atoms with van der Waals surface area (Å²) in [5.41, 5.74) is 0. The van der Waals surface area contributed by atoms with Crippen molar-refractivity contribution in [3.05, 3.63) is 12.3 Å². The average molecular weight is 241 g/mol. The molecule has 2 amide bonds. The van der Waals surface area contributed by atoms with Crippen LogP contribution in [0, 0.1) is 0 Å². The molecular formula is C12H23N3O2. The molecule has 0 unspecified atom stereocenters. The fourth-order valence-electron chi connectivity index (χ4n) is 1.63. The number of hydrogen-bond donors (Lipinski definition) is 2. The van der Waals surface area contributed by atoms with Crippen molar-refractivity contribution in [2.75, 3.05) is 39.4 Å². The van der Waals surface area contributed by atoms with E-state index < -0.39 is 0 Å². The van der Waals surface area contributed by atoms with E-state index in [0.717, 1.165) is 45.7 Å². The Morgan fingerprint density at radius 1 is 1.41 bits per heavy atom. The van der Waals surface area contributed by atoms with Gasteiger partial charge in [0.2, 0.25) is 0 Å². The maximum Gasteiger partial charge on any atom is 0.318 e. The van der Waals surface area contributed by atoms with E-state index in [1.807, 2.05) is 13.0 Å². The van der Waals surface area contributed by atoms with E-state index in [0.29, 0.717) is 6.54 Å². The highest BCUT2D eigenvalue weighted by Gasteiger charge is 2.09. The number of hydrogen-bond acceptors (Lipinski definition) is 3. The third-order valence-corrected chi connectivity index (χ3v) is 2.61. The molecule has 0 bridgehead atoms. The van der Waals surface area contributed by atoms with Crippen molar-refractivity contribution in [2.24, 2.45) is 0 Å². The third-order valence-electron chi connectivity index (χ3n) is 2.61. The van der Waals surface area contributed by atoms with E-state index in [4.69, 9.17) is 4.74 Å². The topological polar surface area (TPSA) is 53.6 Å². The molecule has 5 heteroatoms. The first-order valence-electron chi connectivity index (χ1n) is 6.32. The lowest BCUT2D eigenvalue weighted by molar-refractivity contribution is 0.0375. The predicted octanol–water partition coefficient (Wildman–Crippen LogP) is 0.932. The van der Waals surface area contributed by atoms with Gasteiger partial charge < -0.3 is 15.4 Å². The van der Waals surface area contributed by atoms with Crippen LogP contribution in [-0.2, 0) is 4.74 Å². The number of morpholine rings is 1. The Morgan fingerprint density at radius 2 is 2.18 bits per heavy atom. The number of carbonyl (C=O) groups excluding carboxylic acids is 1. The van der Waals surface area contributed by atoms with Crippen molar-refractivity contribution in [3.8, 4) is 0 Å². The number of rotatable bonds is 6. The van der Waals surface area contributed by atoms with E-state index in [1.54, 1.807) is 6.20 Å². The summed E-state index contributed by atoms with van der Waals surface area (Å²) < 4.78 is 5.27. The first-order valence-corrected chi connectivity index (χ1v) is 6.32. The second-order valence-corrected chi connectivity index (χ2v) is 4.02. The van der Waals surface area contributed by atoms with Crippen LogP contribution in [0.2, 0.25) is 0 Å². The van der Waals surface area contributed by atoms with Crippen molar-refractivity contribution in [2.45, 2.75) is 19.8 Å². The Hall–Kier alpha value is -1.07. The third kappa shape index (κ3) is 6.97. The Bertz CT molecular complexity index is 238. The minimum absolute atomic E-state index is 0.128. The molecule has 1 heterocycles. The molecule has 1 fully saturated rings. The van der Waals surface area contributed by atoms with Gasteiger partial charge in [-0.3, -0.25) is 4.90 Å². The number of ether oxygens (including phenoxy) is 1. The smallest absolute Gasteiger partial charge is 0.318 e. The molecule has 0 radical (unpaired) electrons. The zero-order valence-corrected chi connectivity index (χ0v) is 10.6. The minimum Gasteiger partial charge on any atom is -0.379 e. The molecule has 1 aliphatic heterocycles. The highest BCUT2D eigenvalue weighted by Crippen LogP contribution is 1.97. The van der Waals surface area contributed by atoms with Gasteiger partial charge in [0.05, 0.1) is 13.2 Å².